The van der Waals surface area contributed by atoms with E-state index in [1.807, 2.05) is 20.8 Å². The molecule has 2 rings (SSSR count). The first-order chi connectivity index (χ1) is 10.4. The van der Waals surface area contributed by atoms with E-state index in [4.69, 9.17) is 4.98 Å². The largest absolute Gasteiger partial charge is 0.356 e. The molecule has 0 unspecified atom stereocenters. The number of anilines is 1. The van der Waals surface area contributed by atoms with Gasteiger partial charge in [-0.2, -0.15) is 9.97 Å². The van der Waals surface area contributed by atoms with E-state index in [0.29, 0.717) is 5.95 Å². The fourth-order valence-electron chi connectivity index (χ4n) is 2.83. The third-order valence-electron chi connectivity index (χ3n) is 4.41. The highest BCUT2D eigenvalue weighted by atomic mass is 16.1. The Labute approximate surface area is 132 Å². The van der Waals surface area contributed by atoms with Crippen LogP contribution in [0.2, 0.25) is 0 Å². The number of hydrogen-bond acceptors (Lipinski definition) is 4. The van der Waals surface area contributed by atoms with Crippen molar-refractivity contribution < 1.29 is 0 Å². The van der Waals surface area contributed by atoms with Crippen LogP contribution in [-0.4, -0.2) is 27.5 Å². The zero-order valence-electron chi connectivity index (χ0n) is 14.5. The van der Waals surface area contributed by atoms with Crippen molar-refractivity contribution in [2.24, 2.45) is 0 Å². The first-order valence-corrected chi connectivity index (χ1v) is 8.04. The molecule has 0 N–H and O–H groups in total. The second-order valence-corrected chi connectivity index (χ2v) is 5.91. The van der Waals surface area contributed by atoms with Gasteiger partial charge in [0.05, 0.1) is 0 Å². The van der Waals surface area contributed by atoms with E-state index in [0.717, 1.165) is 48.4 Å². The predicted molar refractivity (Wildman–Crippen MR) is 91.0 cm³/mol. The Bertz CT molecular complexity index is 743. The van der Waals surface area contributed by atoms with Gasteiger partial charge in [-0.25, -0.2) is 9.20 Å². The third-order valence-corrected chi connectivity index (χ3v) is 4.41. The van der Waals surface area contributed by atoms with Crippen LogP contribution in [0.1, 0.15) is 49.1 Å². The first-order valence-electron chi connectivity index (χ1n) is 8.04. The van der Waals surface area contributed by atoms with E-state index in [2.05, 4.69) is 30.7 Å². The molecule has 0 bridgehead atoms. The molecule has 0 aliphatic heterocycles. The average Bonchev–Trinajstić information content (AvgIpc) is 2.49. The van der Waals surface area contributed by atoms with E-state index >= 15 is 0 Å². The highest BCUT2D eigenvalue weighted by Gasteiger charge is 2.16. The van der Waals surface area contributed by atoms with Gasteiger partial charge in [0, 0.05) is 18.8 Å². The Morgan fingerprint density at radius 2 is 1.50 bits per heavy atom. The number of rotatable bonds is 5. The van der Waals surface area contributed by atoms with Crippen molar-refractivity contribution in [2.45, 2.75) is 54.4 Å². The Morgan fingerprint density at radius 1 is 0.909 bits per heavy atom. The molecule has 2 aromatic heterocycles. The third kappa shape index (κ3) is 2.72. The smallest absolute Gasteiger partial charge is 0.341 e. The maximum atomic E-state index is 12.5. The van der Waals surface area contributed by atoms with Gasteiger partial charge in [-0.15, -0.1) is 0 Å². The fraction of sp³-hybridized carbons (Fsp3) is 0.588. The molecule has 2 heterocycles. The molecule has 0 spiro atoms. The highest BCUT2D eigenvalue weighted by Crippen LogP contribution is 2.20. The summed E-state index contributed by atoms with van der Waals surface area (Å²) in [6, 6.07) is 0. The van der Waals surface area contributed by atoms with Crippen LogP contribution in [0.15, 0.2) is 4.79 Å². The van der Waals surface area contributed by atoms with Gasteiger partial charge in [0.1, 0.15) is 5.65 Å². The van der Waals surface area contributed by atoms with Crippen LogP contribution in [0, 0.1) is 27.7 Å². The monoisotopic (exact) mass is 302 g/mol. The van der Waals surface area contributed by atoms with Crippen molar-refractivity contribution >= 4 is 11.6 Å². The summed E-state index contributed by atoms with van der Waals surface area (Å²) in [5.41, 5.74) is 4.79. The molecule has 0 fully saturated rings. The van der Waals surface area contributed by atoms with E-state index in [-0.39, 0.29) is 5.69 Å². The number of aryl methyl sites for hydroxylation is 2. The minimum Gasteiger partial charge on any atom is -0.341 e. The minimum atomic E-state index is -0.235. The molecular weight excluding hydrogens is 276 g/mol. The first kappa shape index (κ1) is 16.5. The molecule has 0 amide bonds. The van der Waals surface area contributed by atoms with E-state index in [1.54, 1.807) is 4.40 Å². The van der Waals surface area contributed by atoms with Gasteiger partial charge in [0.25, 0.3) is 0 Å². The van der Waals surface area contributed by atoms with Crippen LogP contribution in [0.25, 0.3) is 5.65 Å². The molecule has 0 saturated carbocycles. The van der Waals surface area contributed by atoms with E-state index in [9.17, 15) is 4.79 Å². The second-order valence-electron chi connectivity index (χ2n) is 5.91. The van der Waals surface area contributed by atoms with Gasteiger partial charge in [-0.05, 0) is 57.2 Å². The predicted octanol–water partition coefficient (Wildman–Crippen LogP) is 2.95. The zero-order chi connectivity index (χ0) is 16.4. The fourth-order valence-corrected chi connectivity index (χ4v) is 2.83. The Balaban J connectivity index is 2.74. The topological polar surface area (TPSA) is 50.5 Å². The molecule has 5 heteroatoms. The summed E-state index contributed by atoms with van der Waals surface area (Å²) in [5, 5.41) is 0. The van der Waals surface area contributed by atoms with Crippen molar-refractivity contribution in [2.75, 3.05) is 18.0 Å². The van der Waals surface area contributed by atoms with Gasteiger partial charge in [0.15, 0.2) is 0 Å². The van der Waals surface area contributed by atoms with Crippen LogP contribution in [-0.2, 0) is 0 Å². The molecule has 0 radical (unpaired) electrons. The molecule has 0 atom stereocenters. The summed E-state index contributed by atoms with van der Waals surface area (Å²) in [4.78, 5) is 23.6. The highest BCUT2D eigenvalue weighted by molar-refractivity contribution is 5.56. The molecule has 2 aromatic rings. The average molecular weight is 302 g/mol. The van der Waals surface area contributed by atoms with Gasteiger partial charge < -0.3 is 4.90 Å². The van der Waals surface area contributed by atoms with Crippen molar-refractivity contribution in [1.82, 2.24) is 14.4 Å². The van der Waals surface area contributed by atoms with Crippen LogP contribution >= 0.6 is 0 Å². The number of fused-ring (bicyclic) bond motifs is 1. The summed E-state index contributed by atoms with van der Waals surface area (Å²) < 4.78 is 1.64. The van der Waals surface area contributed by atoms with Crippen LogP contribution in [0.3, 0.4) is 0 Å². The molecule has 0 aromatic carbocycles. The standard InChI is InChI=1S/C17H26N4O/c1-7-9-20(10-8-2)16-18-15-13(5)11(3)12(4)14(6)21(15)17(22)19-16/h7-10H2,1-6H3. The SMILES string of the molecule is CCCN(CCC)c1nc(=O)n2c(C)c(C)c(C)c(C)c2n1. The Kier molecular flexibility index (Phi) is 4.84. The van der Waals surface area contributed by atoms with Gasteiger partial charge in [-0.3, -0.25) is 0 Å². The van der Waals surface area contributed by atoms with Gasteiger partial charge in [-0.1, -0.05) is 13.8 Å². The van der Waals surface area contributed by atoms with Crippen molar-refractivity contribution in [1.29, 1.82) is 0 Å². The zero-order valence-corrected chi connectivity index (χ0v) is 14.5. The van der Waals surface area contributed by atoms with Gasteiger partial charge >= 0.3 is 5.69 Å². The lowest BCUT2D eigenvalue weighted by Crippen LogP contribution is -2.32. The van der Waals surface area contributed by atoms with Crippen LogP contribution in [0.5, 0.6) is 0 Å². The van der Waals surface area contributed by atoms with Crippen molar-refractivity contribution in [3.8, 4) is 0 Å². The molecule has 0 aliphatic rings. The molecule has 5 nitrogen and oxygen atoms in total. The molecule has 0 saturated heterocycles. The summed E-state index contributed by atoms with van der Waals surface area (Å²) >= 11 is 0. The summed E-state index contributed by atoms with van der Waals surface area (Å²) in [6.45, 7) is 14.1. The lowest BCUT2D eigenvalue weighted by atomic mass is 10.0. The lowest BCUT2D eigenvalue weighted by molar-refractivity contribution is 0.711. The summed E-state index contributed by atoms with van der Waals surface area (Å²) in [7, 11) is 0. The van der Waals surface area contributed by atoms with Gasteiger partial charge in [0.2, 0.25) is 5.95 Å². The maximum Gasteiger partial charge on any atom is 0.356 e. The number of aromatic nitrogens is 3. The Morgan fingerprint density at radius 3 is 2.05 bits per heavy atom. The Hall–Kier alpha value is -1.91. The molecule has 120 valence electrons. The molecule has 0 aliphatic carbocycles. The number of nitrogens with zero attached hydrogens (tertiary/aromatic N) is 4. The molecular formula is C17H26N4O. The minimum absolute atomic E-state index is 0.235. The van der Waals surface area contributed by atoms with E-state index < -0.39 is 0 Å². The van der Waals surface area contributed by atoms with E-state index in [1.165, 1.54) is 5.56 Å². The summed E-state index contributed by atoms with van der Waals surface area (Å²) in [6.07, 6.45) is 2.02. The maximum absolute atomic E-state index is 12.5. The molecule has 22 heavy (non-hydrogen) atoms. The van der Waals surface area contributed by atoms with Crippen molar-refractivity contribution in [3.05, 3.63) is 32.9 Å². The second kappa shape index (κ2) is 6.46. The van der Waals surface area contributed by atoms with Crippen LogP contribution < -0.4 is 10.6 Å². The quantitative estimate of drug-likeness (QED) is 0.852. The number of pyridine rings is 1. The summed E-state index contributed by atoms with van der Waals surface area (Å²) in [5.74, 6) is 0.555. The normalized spacial score (nSPS) is 11.2. The number of hydrogen-bond donors (Lipinski definition) is 0. The lowest BCUT2D eigenvalue weighted by Gasteiger charge is -2.22. The van der Waals surface area contributed by atoms with Crippen LogP contribution in [0.4, 0.5) is 5.95 Å². The van der Waals surface area contributed by atoms with Crippen molar-refractivity contribution in [3.63, 3.8) is 0 Å².